The molecule has 0 radical (unpaired) electrons. The molecule has 4 atom stereocenters. The summed E-state index contributed by atoms with van der Waals surface area (Å²) in [5.41, 5.74) is 0.181. The van der Waals surface area contributed by atoms with Gasteiger partial charge in [-0.05, 0) is 52.9 Å². The molecule has 1 spiro atoms. The van der Waals surface area contributed by atoms with Crippen molar-refractivity contribution in [1.82, 2.24) is 5.32 Å². The molecule has 184 valence electrons. The monoisotopic (exact) mass is 477 g/mol. The predicted molar refractivity (Wildman–Crippen MR) is 144 cm³/mol. The van der Waals surface area contributed by atoms with Gasteiger partial charge in [0.1, 0.15) is 6.29 Å². The summed E-state index contributed by atoms with van der Waals surface area (Å²) in [6, 6.07) is 22.3. The molecule has 1 aliphatic carbocycles. The minimum Gasteiger partial charge on any atom is -0.407 e. The number of rotatable bonds is 8. The van der Waals surface area contributed by atoms with Crippen LogP contribution in [0.25, 0.3) is 0 Å². The third-order valence-electron chi connectivity index (χ3n) is 8.56. The fourth-order valence-corrected chi connectivity index (χ4v) is 11.7. The van der Waals surface area contributed by atoms with Crippen molar-refractivity contribution < 1.29 is 9.22 Å². The number of nitrogens with one attached hydrogen (secondary N) is 1. The van der Waals surface area contributed by atoms with Crippen LogP contribution in [0.3, 0.4) is 0 Å². The van der Waals surface area contributed by atoms with E-state index < -0.39 is 8.32 Å². The van der Waals surface area contributed by atoms with Crippen LogP contribution in [0.2, 0.25) is 5.04 Å². The highest BCUT2D eigenvalue weighted by Gasteiger charge is 2.52. The van der Waals surface area contributed by atoms with E-state index in [2.05, 4.69) is 93.7 Å². The molecule has 2 aliphatic rings. The van der Waals surface area contributed by atoms with Gasteiger partial charge in [-0.2, -0.15) is 0 Å². The molecule has 2 aromatic rings. The van der Waals surface area contributed by atoms with Crippen molar-refractivity contribution >= 4 is 25.0 Å². The summed E-state index contributed by atoms with van der Waals surface area (Å²) in [6.07, 6.45) is 9.08. The van der Waals surface area contributed by atoms with Crippen LogP contribution in [0.15, 0.2) is 60.7 Å². The molecule has 1 saturated heterocycles. The summed E-state index contributed by atoms with van der Waals surface area (Å²) in [7, 11) is -2.52. The van der Waals surface area contributed by atoms with Crippen molar-refractivity contribution in [2.24, 2.45) is 11.8 Å². The predicted octanol–water partition coefficient (Wildman–Crippen LogP) is 5.47. The third-order valence-corrected chi connectivity index (χ3v) is 13.6. The molecule has 4 rings (SSSR count). The first-order valence-corrected chi connectivity index (χ1v) is 15.2. The van der Waals surface area contributed by atoms with E-state index in [0.717, 1.165) is 19.3 Å². The average Bonchev–Trinajstić information content (AvgIpc) is 3.22. The lowest BCUT2D eigenvalue weighted by Crippen LogP contribution is -2.67. The highest BCUT2D eigenvalue weighted by Crippen LogP contribution is 2.46. The molecule has 1 saturated carbocycles. The second-order valence-corrected chi connectivity index (χ2v) is 16.0. The van der Waals surface area contributed by atoms with Gasteiger partial charge in [-0.15, -0.1) is 0 Å². The summed E-state index contributed by atoms with van der Waals surface area (Å²) in [5, 5.41) is 6.68. The van der Waals surface area contributed by atoms with Gasteiger partial charge in [0.2, 0.25) is 0 Å². The summed E-state index contributed by atoms with van der Waals surface area (Å²) < 4.78 is 7.30. The van der Waals surface area contributed by atoms with Crippen LogP contribution in [0, 0.1) is 11.8 Å². The number of carbonyl (C=O) groups excluding carboxylic acids is 1. The van der Waals surface area contributed by atoms with Crippen LogP contribution in [0.1, 0.15) is 72.6 Å². The van der Waals surface area contributed by atoms with E-state index in [-0.39, 0.29) is 10.6 Å². The normalized spacial score (nSPS) is 26.5. The van der Waals surface area contributed by atoms with Crippen LogP contribution >= 0.6 is 0 Å². The van der Waals surface area contributed by atoms with Crippen molar-refractivity contribution in [2.75, 3.05) is 6.61 Å². The molecule has 0 unspecified atom stereocenters. The second kappa shape index (κ2) is 10.5. The van der Waals surface area contributed by atoms with E-state index in [1.165, 1.54) is 42.5 Å². The highest BCUT2D eigenvalue weighted by atomic mass is 28.4. The van der Waals surface area contributed by atoms with E-state index in [9.17, 15) is 4.79 Å². The highest BCUT2D eigenvalue weighted by molar-refractivity contribution is 6.99. The van der Waals surface area contributed by atoms with E-state index >= 15 is 0 Å². The smallest absolute Gasteiger partial charge is 0.261 e. The minimum atomic E-state index is -2.52. The maximum atomic E-state index is 11.2. The first kappa shape index (κ1) is 25.3. The maximum absolute atomic E-state index is 11.2. The quantitative estimate of drug-likeness (QED) is 0.405. The van der Waals surface area contributed by atoms with Crippen molar-refractivity contribution in [3.05, 3.63) is 60.7 Å². The molecule has 34 heavy (non-hydrogen) atoms. The lowest BCUT2D eigenvalue weighted by Gasteiger charge is -2.47. The van der Waals surface area contributed by atoms with Gasteiger partial charge in [-0.1, -0.05) is 101 Å². The Morgan fingerprint density at radius 2 is 1.56 bits per heavy atom. The third kappa shape index (κ3) is 4.82. The summed E-state index contributed by atoms with van der Waals surface area (Å²) in [4.78, 5) is 11.2. The van der Waals surface area contributed by atoms with Crippen molar-refractivity contribution in [2.45, 2.75) is 89.3 Å². The molecule has 1 aliphatic heterocycles. The van der Waals surface area contributed by atoms with E-state index in [4.69, 9.17) is 4.43 Å². The molecule has 1 heterocycles. The molecule has 0 aromatic heterocycles. The lowest BCUT2D eigenvalue weighted by atomic mass is 9.73. The zero-order valence-electron chi connectivity index (χ0n) is 21.6. The van der Waals surface area contributed by atoms with Gasteiger partial charge >= 0.3 is 0 Å². The average molecular weight is 478 g/mol. The van der Waals surface area contributed by atoms with E-state index in [1.54, 1.807) is 0 Å². The zero-order chi connectivity index (χ0) is 24.2. The van der Waals surface area contributed by atoms with Crippen LogP contribution in [0.5, 0.6) is 0 Å². The first-order valence-electron chi connectivity index (χ1n) is 13.3. The van der Waals surface area contributed by atoms with Crippen LogP contribution < -0.4 is 15.7 Å². The van der Waals surface area contributed by atoms with Crippen molar-refractivity contribution in [3.8, 4) is 0 Å². The summed E-state index contributed by atoms with van der Waals surface area (Å²) >= 11 is 0. The molecule has 4 heteroatoms. The minimum absolute atomic E-state index is 0.000927. The summed E-state index contributed by atoms with van der Waals surface area (Å²) in [5.74, 6) is 1.06. The lowest BCUT2D eigenvalue weighted by molar-refractivity contribution is -0.108. The fourth-order valence-electron chi connectivity index (χ4n) is 7.06. The van der Waals surface area contributed by atoms with Gasteiger partial charge in [-0.3, -0.25) is 0 Å². The van der Waals surface area contributed by atoms with Gasteiger partial charge in [0.15, 0.2) is 0 Å². The van der Waals surface area contributed by atoms with Gasteiger partial charge in [-0.25, -0.2) is 0 Å². The maximum Gasteiger partial charge on any atom is 0.261 e. The fraction of sp³-hybridized carbons (Fsp3) is 0.567. The van der Waals surface area contributed by atoms with E-state index in [0.29, 0.717) is 24.3 Å². The van der Waals surface area contributed by atoms with E-state index in [1.807, 2.05) is 0 Å². The molecule has 0 amide bonds. The standard InChI is InChI=1S/C30H43NO2Si/c1-24(28-18-12-21-30(28)20-11-13-25(31-30)19-22-32)23-33-34(29(2,3)4,26-14-7-5-8-15-26)27-16-9-6-10-17-27/h5-10,14-17,22,24-25,28,31H,11-13,18-21,23H2,1-4H3/t24-,25+,28+,30+/m0/s1. The Balaban J connectivity index is 1.62. The van der Waals surface area contributed by atoms with Gasteiger partial charge in [0, 0.05) is 24.6 Å². The zero-order valence-corrected chi connectivity index (χ0v) is 22.6. The SMILES string of the molecule is C[C@@H](CO[Si](c1ccccc1)(c1ccccc1)C(C)(C)C)[C@H]1CCC[C@]12CCC[C@H](CC=O)N2. The Bertz CT molecular complexity index is 886. The summed E-state index contributed by atoms with van der Waals surface area (Å²) in [6.45, 7) is 10.2. The largest absolute Gasteiger partial charge is 0.407 e. The Morgan fingerprint density at radius 3 is 2.09 bits per heavy atom. The molecule has 1 N–H and O–H groups in total. The Hall–Kier alpha value is -1.75. The topological polar surface area (TPSA) is 38.3 Å². The molecule has 0 bridgehead atoms. The van der Waals surface area contributed by atoms with Crippen LogP contribution in [-0.2, 0) is 9.22 Å². The number of carbonyl (C=O) groups is 1. The van der Waals surface area contributed by atoms with Crippen molar-refractivity contribution in [1.29, 1.82) is 0 Å². The first-order chi connectivity index (χ1) is 16.3. The Morgan fingerprint density at radius 1 is 1.00 bits per heavy atom. The Labute approximate surface area is 207 Å². The molecule has 2 aromatic carbocycles. The van der Waals surface area contributed by atoms with Crippen molar-refractivity contribution in [3.63, 3.8) is 0 Å². The van der Waals surface area contributed by atoms with Crippen LogP contribution in [-0.4, -0.2) is 32.8 Å². The molecular weight excluding hydrogens is 434 g/mol. The van der Waals surface area contributed by atoms with Gasteiger partial charge < -0.3 is 14.5 Å². The number of hydrogen-bond donors (Lipinski definition) is 1. The number of benzene rings is 2. The molecule has 2 fully saturated rings. The second-order valence-electron chi connectivity index (χ2n) is 11.7. The molecule has 3 nitrogen and oxygen atoms in total. The number of hydrogen-bond acceptors (Lipinski definition) is 3. The van der Waals surface area contributed by atoms with Gasteiger partial charge in [0.25, 0.3) is 8.32 Å². The molecular formula is C30H43NO2Si. The van der Waals surface area contributed by atoms with Crippen LogP contribution in [0.4, 0.5) is 0 Å². The van der Waals surface area contributed by atoms with Gasteiger partial charge in [0.05, 0.1) is 0 Å². The Kier molecular flexibility index (Phi) is 7.81. The number of piperidine rings is 1. The number of aldehydes is 1.